The van der Waals surface area contributed by atoms with Gasteiger partial charge in [-0.15, -0.1) is 11.3 Å². The second-order valence-electron chi connectivity index (χ2n) is 9.97. The third kappa shape index (κ3) is 6.98. The van der Waals surface area contributed by atoms with Crippen LogP contribution in [-0.2, 0) is 25.7 Å². The van der Waals surface area contributed by atoms with E-state index in [-0.39, 0.29) is 42.6 Å². The van der Waals surface area contributed by atoms with Crippen molar-refractivity contribution in [1.82, 2.24) is 15.5 Å². The van der Waals surface area contributed by atoms with Crippen molar-refractivity contribution in [1.29, 1.82) is 5.41 Å². The molecule has 11 nitrogen and oxygen atoms in total. The van der Waals surface area contributed by atoms with Crippen LogP contribution in [0.3, 0.4) is 0 Å². The van der Waals surface area contributed by atoms with Crippen LogP contribution >= 0.6 is 11.3 Å². The van der Waals surface area contributed by atoms with Gasteiger partial charge in [-0.25, -0.2) is 4.79 Å². The number of benzene rings is 1. The van der Waals surface area contributed by atoms with Gasteiger partial charge in [0, 0.05) is 28.3 Å². The van der Waals surface area contributed by atoms with Gasteiger partial charge >= 0.3 is 5.97 Å². The van der Waals surface area contributed by atoms with Crippen LogP contribution in [0.2, 0.25) is 0 Å². The number of thiophene rings is 1. The molecule has 2 fully saturated rings. The molecule has 1 saturated heterocycles. The Hall–Kier alpha value is -3.93. The Morgan fingerprint density at radius 3 is 2.58 bits per heavy atom. The van der Waals surface area contributed by atoms with Crippen molar-refractivity contribution in [2.75, 3.05) is 19.8 Å². The topological polar surface area (TPSA) is 164 Å². The second kappa shape index (κ2) is 12.9. The average molecular weight is 570 g/mol. The first-order valence-electron chi connectivity index (χ1n) is 13.4. The van der Waals surface area contributed by atoms with Gasteiger partial charge < -0.3 is 30.7 Å². The summed E-state index contributed by atoms with van der Waals surface area (Å²) < 4.78 is 10.6. The first-order valence-corrected chi connectivity index (χ1v) is 14.2. The van der Waals surface area contributed by atoms with E-state index in [0.29, 0.717) is 61.3 Å². The van der Waals surface area contributed by atoms with Crippen LogP contribution in [0.15, 0.2) is 35.7 Å². The number of nitrogens with one attached hydrogen (secondary N) is 3. The number of esters is 1. The zero-order valence-corrected chi connectivity index (χ0v) is 23.4. The molecule has 40 heavy (non-hydrogen) atoms. The molecule has 5 N–H and O–H groups in total. The van der Waals surface area contributed by atoms with Gasteiger partial charge in [0.05, 0.1) is 31.9 Å². The predicted molar refractivity (Wildman–Crippen MR) is 149 cm³/mol. The maximum absolute atomic E-state index is 13.1. The van der Waals surface area contributed by atoms with Gasteiger partial charge in [-0.1, -0.05) is 6.92 Å². The lowest BCUT2D eigenvalue weighted by Crippen LogP contribution is -2.51. The van der Waals surface area contributed by atoms with E-state index < -0.39 is 12.0 Å². The van der Waals surface area contributed by atoms with Crippen molar-refractivity contribution in [3.05, 3.63) is 51.7 Å². The van der Waals surface area contributed by atoms with Crippen molar-refractivity contribution < 1.29 is 28.7 Å². The van der Waals surface area contributed by atoms with Crippen LogP contribution in [0.25, 0.3) is 0 Å². The van der Waals surface area contributed by atoms with E-state index in [2.05, 4.69) is 17.6 Å². The van der Waals surface area contributed by atoms with E-state index in [4.69, 9.17) is 20.6 Å². The second-order valence-corrected chi connectivity index (χ2v) is 11.0. The van der Waals surface area contributed by atoms with E-state index in [1.807, 2.05) is 0 Å². The Morgan fingerprint density at radius 1 is 1.15 bits per heavy atom. The molecule has 2 aromatic rings. The number of hydrogen-bond donors (Lipinski definition) is 4. The number of nitrogen functional groups attached to an aromatic ring is 1. The Labute approximate surface area is 236 Å². The summed E-state index contributed by atoms with van der Waals surface area (Å²) in [6.07, 6.45) is 1.24. The summed E-state index contributed by atoms with van der Waals surface area (Å²) in [6.45, 7) is 4.55. The summed E-state index contributed by atoms with van der Waals surface area (Å²) in [4.78, 5) is 52.6. The largest absolute Gasteiger partial charge is 0.494 e. The molecule has 3 amide bonds. The van der Waals surface area contributed by atoms with Crippen molar-refractivity contribution in [3.63, 3.8) is 0 Å². The van der Waals surface area contributed by atoms with Crippen molar-refractivity contribution >= 4 is 40.9 Å². The number of ether oxygens (including phenoxy) is 2. The smallest absolute Gasteiger partial charge is 0.338 e. The molecule has 4 atom stereocenters. The molecule has 2 heterocycles. The molecule has 214 valence electrons. The van der Waals surface area contributed by atoms with Gasteiger partial charge in [0.25, 0.3) is 0 Å². The molecule has 1 aliphatic carbocycles. The number of amidine groups is 1. The normalized spacial score (nSPS) is 20.8. The predicted octanol–water partition coefficient (Wildman–Crippen LogP) is 2.04. The highest BCUT2D eigenvalue weighted by molar-refractivity contribution is 7.10. The minimum Gasteiger partial charge on any atom is -0.494 e. The molecule has 0 spiro atoms. The Kier molecular flexibility index (Phi) is 9.41. The summed E-state index contributed by atoms with van der Waals surface area (Å²) in [5.41, 5.74) is 6.56. The van der Waals surface area contributed by atoms with Gasteiger partial charge in [0.15, 0.2) is 0 Å². The number of amides is 3. The number of nitrogens with two attached hydrogens (primary N) is 1. The minimum atomic E-state index is -0.563. The van der Waals surface area contributed by atoms with Crippen LogP contribution in [0.5, 0.6) is 5.75 Å². The number of rotatable bonds is 13. The number of carbonyl (C=O) groups excluding carboxylic acids is 4. The molecule has 0 radical (unpaired) electrons. The van der Waals surface area contributed by atoms with E-state index in [1.54, 1.807) is 47.5 Å². The summed E-state index contributed by atoms with van der Waals surface area (Å²) >= 11 is 1.41. The van der Waals surface area contributed by atoms with Crippen LogP contribution < -0.4 is 21.1 Å². The maximum Gasteiger partial charge on any atom is 0.338 e. The fourth-order valence-corrected chi connectivity index (χ4v) is 5.90. The van der Waals surface area contributed by atoms with E-state index >= 15 is 0 Å². The maximum atomic E-state index is 13.1. The van der Waals surface area contributed by atoms with Gasteiger partial charge in [-0.2, -0.15) is 0 Å². The van der Waals surface area contributed by atoms with E-state index in [9.17, 15) is 19.2 Å². The SMILES string of the molecule is CCOC(=O)c1ccc(OCCCC(=O)NCC(=O)N2C(C(=O)NCc3cc(C(=N)N)cs3)CC3C(C)C32)cc1. The third-order valence-electron chi connectivity index (χ3n) is 7.28. The van der Waals surface area contributed by atoms with Gasteiger partial charge in [0.1, 0.15) is 17.6 Å². The van der Waals surface area contributed by atoms with Crippen LogP contribution in [0.4, 0.5) is 0 Å². The molecule has 2 aliphatic rings. The summed E-state index contributed by atoms with van der Waals surface area (Å²) in [7, 11) is 0. The highest BCUT2D eigenvalue weighted by Gasteiger charge is 2.61. The molecular weight excluding hydrogens is 534 g/mol. The highest BCUT2D eigenvalue weighted by Crippen LogP contribution is 2.53. The number of fused-ring (bicyclic) bond motifs is 1. The highest BCUT2D eigenvalue weighted by atomic mass is 32.1. The standard InChI is InChI=1S/C28H35N5O6S/c1-3-38-28(37)17-6-8-19(9-7-17)39-10-4-5-23(34)31-14-24(35)33-22(12-21-16(2)25(21)33)27(36)32-13-20-11-18(15-40-20)26(29)30/h6-9,11,15-16,21-22,25H,3-5,10,12-14H2,1-2H3,(H3,29,30)(H,31,34)(H,32,36). The molecule has 4 unspecified atom stereocenters. The Balaban J connectivity index is 1.18. The quantitative estimate of drug-likeness (QED) is 0.124. The van der Waals surface area contributed by atoms with E-state index in [0.717, 1.165) is 4.88 Å². The number of nitrogens with zero attached hydrogens (tertiary/aromatic N) is 1. The summed E-state index contributed by atoms with van der Waals surface area (Å²) in [5.74, 6) is 0.0420. The zero-order chi connectivity index (χ0) is 28.8. The van der Waals surface area contributed by atoms with Crippen molar-refractivity contribution in [2.24, 2.45) is 17.6 Å². The molecule has 4 rings (SSSR count). The van der Waals surface area contributed by atoms with Gasteiger partial charge in [-0.05, 0) is 61.9 Å². The van der Waals surface area contributed by atoms with Gasteiger partial charge in [0.2, 0.25) is 17.7 Å². The number of piperidine rings is 1. The lowest BCUT2D eigenvalue weighted by atomic mass is 10.1. The van der Waals surface area contributed by atoms with Crippen molar-refractivity contribution in [2.45, 2.75) is 51.7 Å². The fraction of sp³-hybridized carbons (Fsp3) is 0.464. The fourth-order valence-electron chi connectivity index (χ4n) is 5.07. The summed E-state index contributed by atoms with van der Waals surface area (Å²) in [6, 6.07) is 7.81. The Bertz CT molecular complexity index is 1260. The molecule has 1 aliphatic heterocycles. The number of carbonyl (C=O) groups is 4. The first-order chi connectivity index (χ1) is 19.2. The lowest BCUT2D eigenvalue weighted by molar-refractivity contribution is -0.140. The number of hydrogen-bond acceptors (Lipinski definition) is 8. The molecule has 1 aromatic carbocycles. The van der Waals surface area contributed by atoms with E-state index in [1.165, 1.54) is 11.3 Å². The lowest BCUT2D eigenvalue weighted by Gasteiger charge is -2.28. The van der Waals surface area contributed by atoms with Gasteiger partial charge in [-0.3, -0.25) is 19.8 Å². The molecule has 1 saturated carbocycles. The van der Waals surface area contributed by atoms with Crippen LogP contribution in [0, 0.1) is 17.2 Å². The summed E-state index contributed by atoms with van der Waals surface area (Å²) in [5, 5.41) is 14.9. The molecular formula is C28H35N5O6S. The van der Waals surface area contributed by atoms with Crippen molar-refractivity contribution in [3.8, 4) is 5.75 Å². The Morgan fingerprint density at radius 2 is 1.90 bits per heavy atom. The monoisotopic (exact) mass is 569 g/mol. The first kappa shape index (κ1) is 29.1. The zero-order valence-electron chi connectivity index (χ0n) is 22.6. The molecule has 0 bridgehead atoms. The number of likely N-dealkylation sites (tertiary alicyclic amines) is 1. The molecule has 1 aromatic heterocycles. The average Bonchev–Trinajstić information content (AvgIpc) is 3.30. The van der Waals surface area contributed by atoms with Crippen LogP contribution in [-0.4, -0.2) is 66.3 Å². The third-order valence-corrected chi connectivity index (χ3v) is 8.21. The molecule has 12 heteroatoms. The van der Waals surface area contributed by atoms with Crippen LogP contribution in [0.1, 0.15) is 53.9 Å². The minimum absolute atomic E-state index is 0.0212.